The van der Waals surface area contributed by atoms with Gasteiger partial charge >= 0.3 is 0 Å². The van der Waals surface area contributed by atoms with Crippen LogP contribution in [-0.4, -0.2) is 24.2 Å². The van der Waals surface area contributed by atoms with Crippen LogP contribution in [0.4, 0.5) is 0 Å². The van der Waals surface area contributed by atoms with E-state index in [1.165, 1.54) is 56.6 Å². The normalized spacial score (nSPS) is 19.6. The van der Waals surface area contributed by atoms with Crippen molar-refractivity contribution in [3.05, 3.63) is 29.1 Å². The molecular formula is C16H25N3. The number of fused-ring (bicyclic) bond motifs is 1. The molecule has 2 N–H and O–H groups in total. The molecule has 3 rings (SSSR count). The van der Waals surface area contributed by atoms with Crippen LogP contribution in [0.3, 0.4) is 0 Å². The van der Waals surface area contributed by atoms with Gasteiger partial charge in [-0.15, -0.1) is 0 Å². The Balaban J connectivity index is 1.56. The van der Waals surface area contributed by atoms with Gasteiger partial charge in [-0.25, -0.2) is 0 Å². The van der Waals surface area contributed by atoms with Crippen LogP contribution in [0.25, 0.3) is 6.08 Å². The molecule has 2 aliphatic rings. The van der Waals surface area contributed by atoms with Crippen LogP contribution in [0.15, 0.2) is 12.3 Å². The molecule has 0 aromatic carbocycles. The molecule has 1 saturated heterocycles. The third-order valence-corrected chi connectivity index (χ3v) is 4.47. The predicted molar refractivity (Wildman–Crippen MR) is 80.1 cm³/mol. The maximum Gasteiger partial charge on any atom is 0.0436 e. The number of allylic oxidation sites excluding steroid dienone is 1. The summed E-state index contributed by atoms with van der Waals surface area (Å²) in [5.41, 5.74) is 4.46. The number of hydrogen-bond donors (Lipinski definition) is 2. The molecule has 1 aliphatic heterocycles. The number of nitrogens with zero attached hydrogens (tertiary/aromatic N) is 1. The van der Waals surface area contributed by atoms with Crippen molar-refractivity contribution >= 4 is 6.08 Å². The fraction of sp³-hybridized carbons (Fsp3) is 0.625. The molecule has 0 amide bonds. The lowest BCUT2D eigenvalue weighted by Gasteiger charge is -2.22. The lowest BCUT2D eigenvalue weighted by molar-refractivity contribution is 0.356. The highest BCUT2D eigenvalue weighted by atomic mass is 14.9. The summed E-state index contributed by atoms with van der Waals surface area (Å²) in [4.78, 5) is 0. The van der Waals surface area contributed by atoms with E-state index in [4.69, 9.17) is 0 Å². The first-order chi connectivity index (χ1) is 9.34. The van der Waals surface area contributed by atoms with Crippen molar-refractivity contribution in [1.82, 2.24) is 15.2 Å². The van der Waals surface area contributed by atoms with Gasteiger partial charge in [-0.05, 0) is 68.4 Å². The summed E-state index contributed by atoms with van der Waals surface area (Å²) in [5, 5.41) is 7.10. The Labute approximate surface area is 116 Å². The molecule has 0 radical (unpaired) electrons. The number of aromatic nitrogens is 1. The molecule has 19 heavy (non-hydrogen) atoms. The molecule has 104 valence electrons. The minimum atomic E-state index is 0.862. The summed E-state index contributed by atoms with van der Waals surface area (Å²) >= 11 is 0. The summed E-state index contributed by atoms with van der Waals surface area (Å²) in [5.74, 6) is 0.862. The minimum Gasteiger partial charge on any atom is -0.350 e. The smallest absolute Gasteiger partial charge is 0.0436 e. The molecule has 0 bridgehead atoms. The zero-order chi connectivity index (χ0) is 13.1. The minimum absolute atomic E-state index is 0.862. The third kappa shape index (κ3) is 2.93. The molecule has 1 aromatic rings. The number of hydrogen-bond acceptors (Lipinski definition) is 2. The molecule has 0 atom stereocenters. The largest absolute Gasteiger partial charge is 0.350 e. The monoisotopic (exact) mass is 259 g/mol. The molecule has 1 fully saturated rings. The molecular weight excluding hydrogens is 234 g/mol. The second-order valence-electron chi connectivity index (χ2n) is 5.89. The molecule has 0 unspecified atom stereocenters. The number of piperidine rings is 1. The van der Waals surface area contributed by atoms with Crippen molar-refractivity contribution in [3.8, 4) is 0 Å². The van der Waals surface area contributed by atoms with E-state index in [9.17, 15) is 0 Å². The number of aryl methyl sites for hydroxylation is 1. The van der Waals surface area contributed by atoms with Crippen molar-refractivity contribution in [3.63, 3.8) is 0 Å². The Morgan fingerprint density at radius 2 is 2.21 bits per heavy atom. The third-order valence-electron chi connectivity index (χ3n) is 4.47. The van der Waals surface area contributed by atoms with E-state index >= 15 is 0 Å². The van der Waals surface area contributed by atoms with Gasteiger partial charge in [0, 0.05) is 25.5 Å². The molecule has 0 spiro atoms. The van der Waals surface area contributed by atoms with Crippen LogP contribution in [-0.2, 0) is 20.0 Å². The standard InChI is InChI=1S/C16H25N3/c1-19-12-14(15-4-2-3-5-16(15)19)11-18-10-13-6-8-17-9-7-13/h3,5,12-13,17-18H,2,4,6-11H2,1H3. The van der Waals surface area contributed by atoms with Crippen LogP contribution in [0.2, 0.25) is 0 Å². The molecule has 3 heteroatoms. The summed E-state index contributed by atoms with van der Waals surface area (Å²) in [6.07, 6.45) is 11.9. The van der Waals surface area contributed by atoms with Crippen LogP contribution in [0.1, 0.15) is 36.1 Å². The summed E-state index contributed by atoms with van der Waals surface area (Å²) in [7, 11) is 2.16. The molecule has 2 heterocycles. The Bertz CT molecular complexity index is 453. The fourth-order valence-corrected chi connectivity index (χ4v) is 3.34. The highest BCUT2D eigenvalue weighted by molar-refractivity contribution is 5.56. The van der Waals surface area contributed by atoms with Gasteiger partial charge in [-0.1, -0.05) is 6.08 Å². The van der Waals surface area contributed by atoms with Gasteiger partial charge in [0.05, 0.1) is 0 Å². The van der Waals surface area contributed by atoms with Crippen molar-refractivity contribution < 1.29 is 0 Å². The highest BCUT2D eigenvalue weighted by Gasteiger charge is 2.15. The van der Waals surface area contributed by atoms with Gasteiger partial charge in [-0.2, -0.15) is 0 Å². The van der Waals surface area contributed by atoms with Crippen LogP contribution < -0.4 is 10.6 Å². The van der Waals surface area contributed by atoms with Gasteiger partial charge in [0.15, 0.2) is 0 Å². The summed E-state index contributed by atoms with van der Waals surface area (Å²) < 4.78 is 2.27. The second-order valence-corrected chi connectivity index (χ2v) is 5.89. The van der Waals surface area contributed by atoms with Gasteiger partial charge < -0.3 is 15.2 Å². The number of nitrogens with one attached hydrogen (secondary N) is 2. The molecule has 0 saturated carbocycles. The van der Waals surface area contributed by atoms with Gasteiger partial charge in [0.2, 0.25) is 0 Å². The van der Waals surface area contributed by atoms with Gasteiger partial charge in [0.1, 0.15) is 0 Å². The number of rotatable bonds is 4. The van der Waals surface area contributed by atoms with Gasteiger partial charge in [0.25, 0.3) is 0 Å². The fourth-order valence-electron chi connectivity index (χ4n) is 3.34. The maximum absolute atomic E-state index is 3.67. The van der Waals surface area contributed by atoms with Crippen molar-refractivity contribution in [2.75, 3.05) is 19.6 Å². The zero-order valence-electron chi connectivity index (χ0n) is 11.9. The summed E-state index contributed by atoms with van der Waals surface area (Å²) in [6.45, 7) is 4.58. The first-order valence-corrected chi connectivity index (χ1v) is 7.59. The second kappa shape index (κ2) is 5.93. The lowest BCUT2D eigenvalue weighted by atomic mass is 9.97. The quantitative estimate of drug-likeness (QED) is 0.867. The first-order valence-electron chi connectivity index (χ1n) is 7.59. The average Bonchev–Trinajstić information content (AvgIpc) is 2.78. The average molecular weight is 259 g/mol. The van der Waals surface area contributed by atoms with E-state index < -0.39 is 0 Å². The molecule has 1 aliphatic carbocycles. The van der Waals surface area contributed by atoms with E-state index in [0.717, 1.165) is 12.5 Å². The van der Waals surface area contributed by atoms with Crippen molar-refractivity contribution in [2.24, 2.45) is 13.0 Å². The molecule has 1 aromatic heterocycles. The SMILES string of the molecule is Cn1cc(CNCC2CCNCC2)c2c1C=CCC2. The van der Waals surface area contributed by atoms with Crippen molar-refractivity contribution in [1.29, 1.82) is 0 Å². The van der Waals surface area contributed by atoms with E-state index in [-0.39, 0.29) is 0 Å². The van der Waals surface area contributed by atoms with E-state index in [0.29, 0.717) is 0 Å². The first kappa shape index (κ1) is 12.9. The Kier molecular flexibility index (Phi) is 4.04. The Morgan fingerprint density at radius 3 is 3.05 bits per heavy atom. The van der Waals surface area contributed by atoms with Crippen LogP contribution >= 0.6 is 0 Å². The van der Waals surface area contributed by atoms with Crippen molar-refractivity contribution in [2.45, 2.75) is 32.2 Å². The van der Waals surface area contributed by atoms with Gasteiger partial charge in [-0.3, -0.25) is 0 Å². The topological polar surface area (TPSA) is 29.0 Å². The zero-order valence-corrected chi connectivity index (χ0v) is 11.9. The van der Waals surface area contributed by atoms with Crippen LogP contribution in [0.5, 0.6) is 0 Å². The lowest BCUT2D eigenvalue weighted by Crippen LogP contribution is -2.33. The van der Waals surface area contributed by atoms with Crippen LogP contribution in [0, 0.1) is 5.92 Å². The Morgan fingerprint density at radius 1 is 1.37 bits per heavy atom. The maximum atomic E-state index is 3.67. The van der Waals surface area contributed by atoms with E-state index in [2.05, 4.69) is 40.6 Å². The van der Waals surface area contributed by atoms with E-state index in [1.54, 1.807) is 5.56 Å². The Hall–Kier alpha value is -1.06. The highest BCUT2D eigenvalue weighted by Crippen LogP contribution is 2.24. The summed E-state index contributed by atoms with van der Waals surface area (Å²) in [6, 6.07) is 0. The molecule has 3 nitrogen and oxygen atoms in total. The van der Waals surface area contributed by atoms with E-state index in [1.807, 2.05) is 0 Å². The predicted octanol–water partition coefficient (Wildman–Crippen LogP) is 2.07.